The van der Waals surface area contributed by atoms with E-state index in [0.29, 0.717) is 17.9 Å². The highest BCUT2D eigenvalue weighted by Gasteiger charge is 2.38. The van der Waals surface area contributed by atoms with E-state index in [4.69, 9.17) is 25.1 Å². The molecule has 2 aromatic rings. The first-order valence-corrected chi connectivity index (χ1v) is 12.4. The van der Waals surface area contributed by atoms with Crippen molar-refractivity contribution >= 4 is 35.1 Å². The number of aliphatic carboxylic acids is 2. The molecule has 2 aromatic carbocycles. The molecule has 0 radical (unpaired) electrons. The Kier molecular flexibility index (Phi) is 10.9. The fourth-order valence-electron chi connectivity index (χ4n) is 3.91. The molecule has 0 saturated heterocycles. The van der Waals surface area contributed by atoms with E-state index in [-0.39, 0.29) is 6.42 Å². The van der Waals surface area contributed by atoms with Crippen LogP contribution in [-0.2, 0) is 22.6 Å². The number of fused-ring (bicyclic) bond motifs is 2. The predicted molar refractivity (Wildman–Crippen MR) is 134 cm³/mol. The zero-order chi connectivity index (χ0) is 27.8. The van der Waals surface area contributed by atoms with Crippen LogP contribution in [-0.4, -0.2) is 49.1 Å². The molecule has 0 aliphatic carbocycles. The van der Waals surface area contributed by atoms with Gasteiger partial charge in [0.05, 0.1) is 32.0 Å². The van der Waals surface area contributed by atoms with Gasteiger partial charge in [-0.3, -0.25) is 4.79 Å². The number of halogens is 3. The zero-order valence-electron chi connectivity index (χ0n) is 20.9. The average Bonchev–Trinajstić information content (AvgIpc) is 2.85. The molecule has 1 heterocycles. The Morgan fingerprint density at radius 3 is 1.89 bits per heavy atom. The van der Waals surface area contributed by atoms with E-state index in [1.165, 1.54) is 12.8 Å². The van der Waals surface area contributed by atoms with Gasteiger partial charge in [0.2, 0.25) is 0 Å². The lowest BCUT2D eigenvalue weighted by atomic mass is 10.1. The Bertz CT molecular complexity index is 1110. The smallest absolute Gasteiger partial charge is 0.490 e. The minimum absolute atomic E-state index is 0.0969. The van der Waals surface area contributed by atoms with Crippen LogP contribution < -0.4 is 20.1 Å². The van der Waals surface area contributed by atoms with Crippen molar-refractivity contribution in [1.29, 1.82) is 0 Å². The van der Waals surface area contributed by atoms with Crippen LogP contribution in [0.5, 0.6) is 11.5 Å². The number of carboxylic acid groups (broad SMARTS) is 2. The summed E-state index contributed by atoms with van der Waals surface area (Å²) < 4.78 is 42.8. The number of hydrogen-bond donors (Lipinski definition) is 3. The van der Waals surface area contributed by atoms with E-state index in [0.717, 1.165) is 51.9 Å². The number of nitrogens with two attached hydrogens (primary N) is 1. The van der Waals surface area contributed by atoms with E-state index in [9.17, 15) is 23.1 Å². The quantitative estimate of drug-likeness (QED) is 0.328. The van der Waals surface area contributed by atoms with E-state index in [2.05, 4.69) is 17.9 Å². The summed E-state index contributed by atoms with van der Waals surface area (Å²) in [5.41, 5.74) is 9.85. The highest BCUT2D eigenvalue weighted by atomic mass is 32.2. The van der Waals surface area contributed by atoms with Gasteiger partial charge in [-0.1, -0.05) is 37.9 Å². The number of benzene rings is 2. The van der Waals surface area contributed by atoms with Crippen molar-refractivity contribution in [1.82, 2.24) is 0 Å². The van der Waals surface area contributed by atoms with Crippen LogP contribution in [0, 0.1) is 0 Å². The van der Waals surface area contributed by atoms with Gasteiger partial charge in [0.1, 0.15) is 11.5 Å². The molecule has 204 valence electrons. The first-order valence-electron chi connectivity index (χ1n) is 11.6. The van der Waals surface area contributed by atoms with Gasteiger partial charge < -0.3 is 30.3 Å². The Balaban J connectivity index is 0.000000604. The van der Waals surface area contributed by atoms with Gasteiger partial charge in [0.15, 0.2) is 0 Å². The van der Waals surface area contributed by atoms with E-state index in [1.807, 2.05) is 18.2 Å². The summed E-state index contributed by atoms with van der Waals surface area (Å²) in [4.78, 5) is 24.7. The van der Waals surface area contributed by atoms with Crippen LogP contribution in [0.15, 0.2) is 34.1 Å². The van der Waals surface area contributed by atoms with Crippen molar-refractivity contribution in [3.05, 3.63) is 35.4 Å². The molecule has 0 spiro atoms. The summed E-state index contributed by atoms with van der Waals surface area (Å²) >= 11 is 1.56. The summed E-state index contributed by atoms with van der Waals surface area (Å²) in [6.45, 7) is 3.40. The lowest BCUT2D eigenvalue weighted by Gasteiger charge is -2.35. The summed E-state index contributed by atoms with van der Waals surface area (Å²) in [6.07, 6.45) is -0.589. The highest BCUT2D eigenvalue weighted by molar-refractivity contribution is 7.99. The fourth-order valence-corrected chi connectivity index (χ4v) is 5.28. The maximum absolute atomic E-state index is 11.6. The SMILES string of the molecule is CCCCCCN1c2ccc(OC)c(CN)c2Sc2c1ccc(OC)c2CC(=O)O.O=C(O)C(F)(F)F. The van der Waals surface area contributed by atoms with Crippen molar-refractivity contribution in [2.75, 3.05) is 25.7 Å². The number of rotatable bonds is 10. The molecule has 0 bridgehead atoms. The van der Waals surface area contributed by atoms with Gasteiger partial charge in [0.25, 0.3) is 0 Å². The molecule has 4 N–H and O–H groups in total. The highest BCUT2D eigenvalue weighted by Crippen LogP contribution is 2.54. The van der Waals surface area contributed by atoms with Gasteiger partial charge in [-0.15, -0.1) is 0 Å². The van der Waals surface area contributed by atoms with Crippen molar-refractivity contribution in [2.24, 2.45) is 5.73 Å². The molecule has 37 heavy (non-hydrogen) atoms. The van der Waals surface area contributed by atoms with Gasteiger partial charge in [-0.2, -0.15) is 13.2 Å². The largest absolute Gasteiger partial charge is 0.496 e. The lowest BCUT2D eigenvalue weighted by Crippen LogP contribution is -2.24. The third kappa shape index (κ3) is 7.45. The van der Waals surface area contributed by atoms with Crippen LogP contribution in [0.3, 0.4) is 0 Å². The van der Waals surface area contributed by atoms with E-state index < -0.39 is 18.1 Å². The molecule has 3 rings (SSSR count). The molecule has 12 heteroatoms. The van der Waals surface area contributed by atoms with Gasteiger partial charge in [-0.05, 0) is 30.7 Å². The van der Waals surface area contributed by atoms with Crippen LogP contribution in [0.2, 0.25) is 0 Å². The number of alkyl halides is 3. The minimum Gasteiger partial charge on any atom is -0.496 e. The van der Waals surface area contributed by atoms with E-state index >= 15 is 0 Å². The maximum atomic E-state index is 11.6. The maximum Gasteiger partial charge on any atom is 0.490 e. The second-order valence-electron chi connectivity index (χ2n) is 8.08. The van der Waals surface area contributed by atoms with Gasteiger partial charge in [0, 0.05) is 34.0 Å². The number of nitrogens with zero attached hydrogens (tertiary/aromatic N) is 1. The summed E-state index contributed by atoms with van der Waals surface area (Å²) in [5, 5.41) is 16.6. The van der Waals surface area contributed by atoms with Crippen molar-refractivity contribution in [2.45, 2.75) is 61.5 Å². The number of hydrogen-bond acceptors (Lipinski definition) is 7. The standard InChI is InChI=1S/C23H30N2O4S.C2HF3O2/c1-4-5-6-7-12-25-17-8-10-19(28-2)15(13-21(26)27)22(17)30-23-16(14-24)20(29-3)11-9-18(23)25;3-2(4,5)1(6)7/h8-11H,4-7,12-14,24H2,1-3H3,(H,26,27);(H,6,7). The molecular formula is C25H31F3N2O6S. The number of carbonyl (C=O) groups is 2. The van der Waals surface area contributed by atoms with Crippen LogP contribution >= 0.6 is 11.8 Å². The summed E-state index contributed by atoms with van der Waals surface area (Å²) in [5.74, 6) is -2.30. The van der Waals surface area contributed by atoms with Crippen LogP contribution in [0.4, 0.5) is 24.5 Å². The molecule has 1 aliphatic rings. The van der Waals surface area contributed by atoms with Crippen molar-refractivity contribution in [3.63, 3.8) is 0 Å². The Hall–Kier alpha value is -3.12. The Labute approximate surface area is 217 Å². The second-order valence-corrected chi connectivity index (χ2v) is 9.10. The summed E-state index contributed by atoms with van der Waals surface area (Å²) in [7, 11) is 3.22. The van der Waals surface area contributed by atoms with Gasteiger partial charge in [-0.25, -0.2) is 4.79 Å². The number of anilines is 2. The summed E-state index contributed by atoms with van der Waals surface area (Å²) in [6, 6.07) is 7.94. The molecule has 0 unspecified atom stereocenters. The number of unbranched alkanes of at least 4 members (excludes halogenated alkanes) is 3. The predicted octanol–water partition coefficient (Wildman–Crippen LogP) is 5.61. The average molecular weight is 545 g/mol. The minimum atomic E-state index is -5.08. The zero-order valence-corrected chi connectivity index (χ0v) is 21.7. The third-order valence-electron chi connectivity index (χ3n) is 5.63. The number of carboxylic acids is 2. The topological polar surface area (TPSA) is 122 Å². The van der Waals surface area contributed by atoms with Crippen LogP contribution in [0.25, 0.3) is 0 Å². The molecule has 8 nitrogen and oxygen atoms in total. The van der Waals surface area contributed by atoms with Crippen molar-refractivity contribution in [3.8, 4) is 11.5 Å². The van der Waals surface area contributed by atoms with E-state index in [1.54, 1.807) is 26.0 Å². The Morgan fingerprint density at radius 1 is 0.946 bits per heavy atom. The molecule has 0 amide bonds. The number of methoxy groups -OCH3 is 2. The monoisotopic (exact) mass is 544 g/mol. The molecule has 0 aromatic heterocycles. The molecule has 1 aliphatic heterocycles. The number of ether oxygens (including phenoxy) is 2. The van der Waals surface area contributed by atoms with Gasteiger partial charge >= 0.3 is 18.1 Å². The molecule has 0 saturated carbocycles. The fraction of sp³-hybridized carbons (Fsp3) is 0.440. The molecular weight excluding hydrogens is 513 g/mol. The first kappa shape index (κ1) is 30.1. The third-order valence-corrected chi connectivity index (χ3v) is 6.95. The normalized spacial score (nSPS) is 12.1. The molecule has 0 atom stereocenters. The lowest BCUT2D eigenvalue weighted by molar-refractivity contribution is -0.192. The van der Waals surface area contributed by atoms with Crippen LogP contribution in [0.1, 0.15) is 43.7 Å². The second kappa shape index (κ2) is 13.4. The van der Waals surface area contributed by atoms with Crippen molar-refractivity contribution < 1.29 is 42.4 Å². The first-order chi connectivity index (χ1) is 17.5. The Morgan fingerprint density at radius 2 is 1.46 bits per heavy atom. The molecule has 0 fully saturated rings.